The Balaban J connectivity index is 0. The first-order chi connectivity index (χ1) is 5.41. The molecule has 0 saturated carbocycles. The maximum absolute atomic E-state index is 12.0. The van der Waals surface area contributed by atoms with Gasteiger partial charge in [-0.1, -0.05) is 7.65 Å². The van der Waals surface area contributed by atoms with Gasteiger partial charge in [0.05, 0.1) is 0 Å². The van der Waals surface area contributed by atoms with Gasteiger partial charge in [0.25, 0.3) is 0 Å². The van der Waals surface area contributed by atoms with Crippen LogP contribution in [-0.2, 0) is 31.1 Å². The topological polar surface area (TPSA) is 112 Å². The number of rotatable bonds is 3. The molecule has 0 bridgehead atoms. The fourth-order valence-electron chi connectivity index (χ4n) is 0.233. The van der Waals surface area contributed by atoms with Crippen LogP contribution in [0, 0.1) is 7.43 Å². The van der Waals surface area contributed by atoms with Gasteiger partial charge in [-0.3, -0.25) is 0 Å². The quantitative estimate of drug-likeness (QED) is 0.550. The number of halogens is 3. The molecule has 1 unspecified atom stereocenters. The Morgan fingerprint density at radius 2 is 1.29 bits per heavy atom. The minimum Gasteiger partial charge on any atom is -0.397 e. The third-order valence-electron chi connectivity index (χ3n) is 0.362. The highest BCUT2D eigenvalue weighted by molar-refractivity contribution is 8.11. The lowest BCUT2D eigenvalue weighted by atomic mass is 12.0. The van der Waals surface area contributed by atoms with Crippen LogP contribution >= 0.6 is 0 Å². The summed E-state index contributed by atoms with van der Waals surface area (Å²) in [5, 5.41) is 0. The first-order valence-corrected chi connectivity index (χ1v) is 6.08. The van der Waals surface area contributed by atoms with Gasteiger partial charge >= 0.3 is 10.4 Å². The molecule has 0 aliphatic rings. The van der Waals surface area contributed by atoms with Crippen LogP contribution in [0.15, 0.2) is 3.77 Å². The third kappa shape index (κ3) is 9.56. The van der Waals surface area contributed by atoms with Crippen molar-refractivity contribution in [1.29, 1.82) is 0 Å². The van der Waals surface area contributed by atoms with Gasteiger partial charge in [-0.25, -0.2) is 12.6 Å². The molecule has 0 heterocycles. The highest BCUT2D eigenvalue weighted by atomic mass is 32.3. The highest BCUT2D eigenvalue weighted by Crippen LogP contribution is 2.17. The van der Waals surface area contributed by atoms with Crippen LogP contribution in [0.3, 0.4) is 0 Å². The Morgan fingerprint density at radius 1 is 0.929 bits per heavy atom. The van der Waals surface area contributed by atoms with Crippen LogP contribution < -0.4 is 0 Å². The lowest BCUT2D eigenvalue weighted by Crippen LogP contribution is -1.98. The second-order valence-corrected chi connectivity index (χ2v) is 5.11. The van der Waals surface area contributed by atoms with E-state index in [1.54, 1.807) is 0 Å². The minimum absolute atomic E-state index is 0. The molecule has 0 rings (SSSR count). The van der Waals surface area contributed by atoms with Crippen molar-refractivity contribution in [2.45, 2.75) is 0 Å². The zero-order valence-corrected chi connectivity index (χ0v) is 8.74. The molecule has 7 nitrogen and oxygen atoms in total. The van der Waals surface area contributed by atoms with E-state index in [1.165, 1.54) is 7.90 Å². The molecule has 0 aromatic rings. The second-order valence-electron chi connectivity index (χ2n) is 1.41. The Morgan fingerprint density at radius 3 is 1.50 bits per heavy atom. The van der Waals surface area contributed by atoms with Gasteiger partial charge in [0.1, 0.15) is 0 Å². The summed E-state index contributed by atoms with van der Waals surface area (Å²) in [5.74, 6) is 0. The average Bonchev–Trinajstić information content (AvgIpc) is 1.43. The normalized spacial score (nSPS) is 16.5. The van der Waals surface area contributed by atoms with Crippen LogP contribution in [0.5, 0.6) is 0 Å². The van der Waals surface area contributed by atoms with Gasteiger partial charge in [0, 0.05) is 7.43 Å². The smallest absolute Gasteiger partial charge is 0.397 e. The highest BCUT2D eigenvalue weighted by Gasteiger charge is 2.10. The third-order valence-corrected chi connectivity index (χ3v) is 3.26. The van der Waals surface area contributed by atoms with E-state index in [4.69, 9.17) is 0 Å². The predicted molar refractivity (Wildman–Crippen MR) is 41.5 cm³/mol. The van der Waals surface area contributed by atoms with Crippen molar-refractivity contribution < 1.29 is 32.7 Å². The van der Waals surface area contributed by atoms with Crippen LogP contribution in [0.1, 0.15) is 0 Å². The van der Waals surface area contributed by atoms with Crippen molar-refractivity contribution in [1.82, 2.24) is 0 Å². The summed E-state index contributed by atoms with van der Waals surface area (Å²) in [4.78, 5) is 0. The molecule has 0 aromatic heterocycles. The van der Waals surface area contributed by atoms with Crippen molar-refractivity contribution in [2.75, 3.05) is 0 Å². The van der Waals surface area contributed by atoms with Crippen molar-refractivity contribution in [3.8, 4) is 0 Å². The number of hydrogen-bond acceptors (Lipinski definition) is 5. The summed E-state index contributed by atoms with van der Waals surface area (Å²) in [6, 6.07) is 0. The lowest BCUT2D eigenvalue weighted by Gasteiger charge is -2.09. The SMILES string of the molecule is O=S(=O)(F)N=S(=O)(F)[N-]S(=O)(=O)F.[CH3+]. The molecule has 0 amide bonds. The average molecular weight is 276 g/mol. The van der Waals surface area contributed by atoms with Gasteiger partial charge < -0.3 is 4.13 Å². The van der Waals surface area contributed by atoms with E-state index in [0.29, 0.717) is 0 Å². The fraction of sp³-hybridized carbons (Fsp3) is 0. The Hall–Kier alpha value is -0.530. The molecule has 0 fully saturated rings. The second kappa shape index (κ2) is 4.33. The van der Waals surface area contributed by atoms with E-state index in [-0.39, 0.29) is 7.43 Å². The minimum atomic E-state index is -5.90. The molecule has 0 radical (unpaired) electrons. The lowest BCUT2D eigenvalue weighted by molar-refractivity contribution is 0.554. The number of hydrogen-bond donors (Lipinski definition) is 0. The summed E-state index contributed by atoms with van der Waals surface area (Å²) in [7, 11) is -17.6. The molecule has 0 aromatic carbocycles. The van der Waals surface area contributed by atoms with Crippen molar-refractivity contribution >= 4 is 31.1 Å². The van der Waals surface area contributed by atoms with Gasteiger partial charge in [-0.05, 0) is 0 Å². The molecule has 1 atom stereocenters. The molecule has 13 heteroatoms. The molecule has 0 N–H and O–H groups in total. The zero-order chi connectivity index (χ0) is 10.9. The molecule has 0 spiro atoms. The Labute approximate surface area is 79.6 Å². The standard InChI is InChI=1S/CH3.F3N2O5S3/c;1-11(6,4-12(2,7)8)5-13(3,9)10/h1H3;/q+1;-1. The first-order valence-electron chi connectivity index (χ1n) is 2.03. The number of nitrogens with zero attached hydrogens (tertiary/aromatic N) is 2. The van der Waals surface area contributed by atoms with Gasteiger partial charge in [-0.15, -0.1) is 7.77 Å². The molecule has 0 aliphatic carbocycles. The maximum Gasteiger partial charge on any atom is 0.426 e. The van der Waals surface area contributed by atoms with E-state index >= 15 is 0 Å². The summed E-state index contributed by atoms with van der Waals surface area (Å²) < 4.78 is 85.4. The van der Waals surface area contributed by atoms with Crippen LogP contribution in [0.2, 0.25) is 0 Å². The van der Waals surface area contributed by atoms with Crippen LogP contribution in [0.25, 0.3) is 4.13 Å². The van der Waals surface area contributed by atoms with Gasteiger partial charge in [0.15, 0.2) is 10.3 Å². The van der Waals surface area contributed by atoms with E-state index in [1.807, 2.05) is 0 Å². The zero-order valence-electron chi connectivity index (χ0n) is 6.29. The van der Waals surface area contributed by atoms with Crippen molar-refractivity contribution in [3.05, 3.63) is 11.6 Å². The van der Waals surface area contributed by atoms with E-state index in [9.17, 15) is 32.7 Å². The van der Waals surface area contributed by atoms with Crippen LogP contribution in [-0.4, -0.2) is 21.0 Å². The van der Waals surface area contributed by atoms with E-state index in [2.05, 4.69) is 0 Å². The van der Waals surface area contributed by atoms with Crippen LogP contribution in [0.4, 0.5) is 11.7 Å². The summed E-state index contributed by atoms with van der Waals surface area (Å²) in [6.45, 7) is 0. The Kier molecular flexibility index (Phi) is 4.92. The monoisotopic (exact) mass is 276 g/mol. The largest absolute Gasteiger partial charge is 0.426 e. The fourth-order valence-corrected chi connectivity index (χ4v) is 2.34. The van der Waals surface area contributed by atoms with Gasteiger partial charge in [-0.2, -0.15) is 8.42 Å². The van der Waals surface area contributed by atoms with E-state index in [0.717, 1.165) is 0 Å². The molecule has 0 saturated heterocycles. The summed E-state index contributed by atoms with van der Waals surface area (Å²) in [5.41, 5.74) is 0. The summed E-state index contributed by atoms with van der Waals surface area (Å²) >= 11 is 0. The van der Waals surface area contributed by atoms with Crippen molar-refractivity contribution in [2.24, 2.45) is 3.77 Å². The molecular weight excluding hydrogens is 273 g/mol. The van der Waals surface area contributed by atoms with Crippen molar-refractivity contribution in [3.63, 3.8) is 0 Å². The molecule has 0 aliphatic heterocycles. The van der Waals surface area contributed by atoms with Gasteiger partial charge in [0.2, 0.25) is 10.4 Å². The molecule has 14 heavy (non-hydrogen) atoms. The first kappa shape index (κ1) is 15.9. The molecular formula is CH3F3N2O5S3. The summed E-state index contributed by atoms with van der Waals surface area (Å²) in [6.07, 6.45) is 0. The predicted octanol–water partition coefficient (Wildman–Crippen LogP) is 0.506. The molecule has 86 valence electrons. The maximum atomic E-state index is 12.0. The van der Waals surface area contributed by atoms with E-state index < -0.39 is 31.1 Å². The Bertz CT molecular complexity index is 496.